The van der Waals surface area contributed by atoms with Gasteiger partial charge >= 0.3 is 0 Å². The number of H-pyrrole nitrogens is 1. The normalized spacial score (nSPS) is 10.4. The summed E-state index contributed by atoms with van der Waals surface area (Å²) in [5.74, 6) is 1.81. The molecule has 0 bridgehead atoms. The summed E-state index contributed by atoms with van der Waals surface area (Å²) in [7, 11) is 0. The molecule has 0 atom stereocenters. The van der Waals surface area contributed by atoms with E-state index >= 15 is 0 Å². The molecule has 0 saturated carbocycles. The van der Waals surface area contributed by atoms with E-state index in [9.17, 15) is 4.79 Å². The number of aryl methyl sites for hydroxylation is 1. The molecular formula is C19H20N4O3. The number of rotatable bonds is 7. The van der Waals surface area contributed by atoms with Gasteiger partial charge in [-0.3, -0.25) is 20.7 Å². The smallest absolute Gasteiger partial charge is 0.290 e. The van der Waals surface area contributed by atoms with Crippen LogP contribution >= 0.6 is 0 Å². The van der Waals surface area contributed by atoms with E-state index in [2.05, 4.69) is 27.6 Å². The standard InChI is InChI=1S/C19H20N4O3/c1-4-25-15-8-6-14(7-9-15)13(3)20-23-19(24)17-11-16(21-22-17)18-10-5-12(2)26-18/h5-11,20H,3-4H2,1-2H3,(H,21,22)(H,23,24). The average molecular weight is 352 g/mol. The molecule has 3 rings (SSSR count). The summed E-state index contributed by atoms with van der Waals surface area (Å²) in [5, 5.41) is 6.79. The minimum absolute atomic E-state index is 0.237. The fourth-order valence-corrected chi connectivity index (χ4v) is 2.33. The van der Waals surface area contributed by atoms with Crippen molar-refractivity contribution >= 4 is 11.6 Å². The van der Waals surface area contributed by atoms with Gasteiger partial charge in [0.25, 0.3) is 5.91 Å². The Morgan fingerprint density at radius 2 is 2.00 bits per heavy atom. The minimum Gasteiger partial charge on any atom is -0.494 e. The number of amides is 1. The highest BCUT2D eigenvalue weighted by Gasteiger charge is 2.13. The van der Waals surface area contributed by atoms with Crippen LogP contribution in [0.1, 0.15) is 28.7 Å². The van der Waals surface area contributed by atoms with Crippen molar-refractivity contribution in [2.75, 3.05) is 6.61 Å². The molecule has 26 heavy (non-hydrogen) atoms. The molecule has 134 valence electrons. The number of carbonyl (C=O) groups excluding carboxylic acids is 1. The lowest BCUT2D eigenvalue weighted by molar-refractivity contribution is 0.0937. The largest absolute Gasteiger partial charge is 0.494 e. The van der Waals surface area contributed by atoms with Crippen molar-refractivity contribution in [1.82, 2.24) is 21.0 Å². The highest BCUT2D eigenvalue weighted by molar-refractivity contribution is 5.93. The molecule has 3 aromatic rings. The molecule has 0 saturated heterocycles. The number of hydrazine groups is 1. The number of ether oxygens (including phenoxy) is 1. The first-order valence-corrected chi connectivity index (χ1v) is 8.17. The first kappa shape index (κ1) is 17.3. The van der Waals surface area contributed by atoms with E-state index in [-0.39, 0.29) is 11.6 Å². The van der Waals surface area contributed by atoms with Gasteiger partial charge in [0.1, 0.15) is 17.2 Å². The third-order valence-electron chi connectivity index (χ3n) is 3.66. The highest BCUT2D eigenvalue weighted by Crippen LogP contribution is 2.20. The number of carbonyl (C=O) groups is 1. The molecule has 7 heteroatoms. The van der Waals surface area contributed by atoms with E-state index in [0.717, 1.165) is 17.1 Å². The van der Waals surface area contributed by atoms with Crippen LogP contribution in [0.4, 0.5) is 0 Å². The van der Waals surface area contributed by atoms with Crippen molar-refractivity contribution in [2.45, 2.75) is 13.8 Å². The SMILES string of the molecule is C=C(NNC(=O)c1cc(-c2ccc(C)o2)[nH]n1)c1ccc(OCC)cc1. The molecular weight excluding hydrogens is 332 g/mol. The Morgan fingerprint density at radius 3 is 2.65 bits per heavy atom. The van der Waals surface area contributed by atoms with Crippen LogP contribution in [-0.4, -0.2) is 22.7 Å². The van der Waals surface area contributed by atoms with Gasteiger partial charge in [-0.1, -0.05) is 6.58 Å². The van der Waals surface area contributed by atoms with Crippen LogP contribution in [-0.2, 0) is 0 Å². The van der Waals surface area contributed by atoms with E-state index in [1.54, 1.807) is 6.07 Å². The molecule has 3 N–H and O–H groups in total. The predicted octanol–water partition coefficient (Wildman–Crippen LogP) is 3.28. The Hall–Kier alpha value is -3.48. The molecule has 2 heterocycles. The molecule has 2 aromatic heterocycles. The summed E-state index contributed by atoms with van der Waals surface area (Å²) in [6, 6.07) is 12.7. The summed E-state index contributed by atoms with van der Waals surface area (Å²) >= 11 is 0. The summed E-state index contributed by atoms with van der Waals surface area (Å²) in [4.78, 5) is 12.2. The molecule has 0 unspecified atom stereocenters. The Morgan fingerprint density at radius 1 is 1.23 bits per heavy atom. The quantitative estimate of drug-likeness (QED) is 0.568. The van der Waals surface area contributed by atoms with Gasteiger partial charge in [0.05, 0.1) is 12.3 Å². The van der Waals surface area contributed by atoms with Crippen molar-refractivity contribution < 1.29 is 13.9 Å². The molecule has 0 fully saturated rings. The fraction of sp³-hybridized carbons (Fsp3) is 0.158. The molecule has 0 aliphatic carbocycles. The van der Waals surface area contributed by atoms with Crippen LogP contribution in [0.3, 0.4) is 0 Å². The Bertz CT molecular complexity index is 909. The maximum Gasteiger partial charge on any atom is 0.290 e. The molecule has 7 nitrogen and oxygen atoms in total. The third kappa shape index (κ3) is 3.94. The Balaban J connectivity index is 1.58. The van der Waals surface area contributed by atoms with Crippen molar-refractivity contribution in [3.63, 3.8) is 0 Å². The lowest BCUT2D eigenvalue weighted by atomic mass is 10.2. The monoisotopic (exact) mass is 352 g/mol. The first-order chi connectivity index (χ1) is 12.6. The van der Waals surface area contributed by atoms with Crippen molar-refractivity contribution in [3.05, 3.63) is 66.1 Å². The molecule has 1 aromatic carbocycles. The summed E-state index contributed by atoms with van der Waals surface area (Å²) in [6.45, 7) is 8.30. The van der Waals surface area contributed by atoms with Crippen LogP contribution in [0.5, 0.6) is 5.75 Å². The zero-order chi connectivity index (χ0) is 18.5. The summed E-state index contributed by atoms with van der Waals surface area (Å²) < 4.78 is 10.9. The van der Waals surface area contributed by atoms with Crippen molar-refractivity contribution in [2.24, 2.45) is 0 Å². The van der Waals surface area contributed by atoms with Gasteiger partial charge in [-0.15, -0.1) is 0 Å². The number of aromatic amines is 1. The summed E-state index contributed by atoms with van der Waals surface area (Å²) in [5.41, 5.74) is 7.62. The van der Waals surface area contributed by atoms with E-state index in [4.69, 9.17) is 9.15 Å². The first-order valence-electron chi connectivity index (χ1n) is 8.17. The van der Waals surface area contributed by atoms with Gasteiger partial charge in [-0.05, 0) is 55.8 Å². The van der Waals surface area contributed by atoms with Gasteiger partial charge in [0.2, 0.25) is 0 Å². The number of hydrogen-bond donors (Lipinski definition) is 3. The number of benzene rings is 1. The maximum absolute atomic E-state index is 12.2. The lowest BCUT2D eigenvalue weighted by Crippen LogP contribution is -2.36. The van der Waals surface area contributed by atoms with E-state index < -0.39 is 0 Å². The zero-order valence-corrected chi connectivity index (χ0v) is 14.6. The molecule has 1 amide bonds. The van der Waals surface area contributed by atoms with Gasteiger partial charge < -0.3 is 9.15 Å². The number of furan rings is 1. The molecule has 0 aliphatic heterocycles. The summed E-state index contributed by atoms with van der Waals surface area (Å²) in [6.07, 6.45) is 0. The fourth-order valence-electron chi connectivity index (χ4n) is 2.33. The zero-order valence-electron chi connectivity index (χ0n) is 14.6. The third-order valence-corrected chi connectivity index (χ3v) is 3.66. The predicted molar refractivity (Wildman–Crippen MR) is 98.3 cm³/mol. The Labute approximate surface area is 151 Å². The van der Waals surface area contributed by atoms with Crippen LogP contribution in [0.25, 0.3) is 17.2 Å². The van der Waals surface area contributed by atoms with Gasteiger partial charge in [0, 0.05) is 6.07 Å². The van der Waals surface area contributed by atoms with Crippen LogP contribution in [0.15, 0.2) is 53.5 Å². The molecule has 0 radical (unpaired) electrons. The topological polar surface area (TPSA) is 92.2 Å². The van der Waals surface area contributed by atoms with E-state index in [1.807, 2.05) is 50.2 Å². The molecule has 0 aliphatic rings. The van der Waals surface area contributed by atoms with Crippen molar-refractivity contribution in [1.29, 1.82) is 0 Å². The average Bonchev–Trinajstić information content (AvgIpc) is 3.29. The second-order valence-electron chi connectivity index (χ2n) is 5.59. The van der Waals surface area contributed by atoms with Gasteiger partial charge in [0.15, 0.2) is 11.5 Å². The van der Waals surface area contributed by atoms with Gasteiger partial charge in [-0.2, -0.15) is 5.10 Å². The second-order valence-corrected chi connectivity index (χ2v) is 5.59. The maximum atomic E-state index is 12.2. The number of hydrogen-bond acceptors (Lipinski definition) is 5. The second kappa shape index (κ2) is 7.60. The Kier molecular flexibility index (Phi) is 5.07. The number of nitrogens with zero attached hydrogens (tertiary/aromatic N) is 1. The van der Waals surface area contributed by atoms with E-state index in [1.165, 1.54) is 0 Å². The van der Waals surface area contributed by atoms with Crippen LogP contribution in [0.2, 0.25) is 0 Å². The lowest BCUT2D eigenvalue weighted by Gasteiger charge is -2.11. The molecule has 0 spiro atoms. The van der Waals surface area contributed by atoms with E-state index in [0.29, 0.717) is 23.8 Å². The van der Waals surface area contributed by atoms with Crippen molar-refractivity contribution in [3.8, 4) is 17.2 Å². The minimum atomic E-state index is -0.386. The van der Waals surface area contributed by atoms with Gasteiger partial charge in [-0.25, -0.2) is 0 Å². The number of nitrogens with one attached hydrogen (secondary N) is 3. The highest BCUT2D eigenvalue weighted by atomic mass is 16.5. The van der Waals surface area contributed by atoms with Crippen LogP contribution in [0, 0.1) is 6.92 Å². The van der Waals surface area contributed by atoms with Crippen LogP contribution < -0.4 is 15.6 Å². The number of aromatic nitrogens is 2.